The first kappa shape index (κ1) is 27.2. The van der Waals surface area contributed by atoms with Crippen molar-refractivity contribution in [2.75, 3.05) is 41.5 Å². The number of rotatable bonds is 3. The molecule has 0 fully saturated rings. The van der Waals surface area contributed by atoms with Gasteiger partial charge in [-0.3, -0.25) is 4.90 Å². The normalized spacial score (nSPS) is 19.5. The average Bonchev–Trinajstić information content (AvgIpc) is 3.04. The predicted molar refractivity (Wildman–Crippen MR) is 167 cm³/mol. The van der Waals surface area contributed by atoms with Crippen LogP contribution in [0.25, 0.3) is 11.1 Å². The summed E-state index contributed by atoms with van der Waals surface area (Å²) in [5.74, 6) is 4.84. The topological polar surface area (TPSA) is 81.7 Å². The Bertz CT molecular complexity index is 1820. The number of phenols is 1. The van der Waals surface area contributed by atoms with E-state index in [9.17, 15) is 5.11 Å². The van der Waals surface area contributed by atoms with Crippen molar-refractivity contribution in [3.05, 3.63) is 81.9 Å². The standard InChI is InChI=1S/C36H36N2O6/c1-38-12-10-22-32-27(38)16-20-6-8-29(40-2)25(14-20)24-13-19(5-7-28(24)39)15-26-23-18-31-30(17-21(23)9-11-37-26)44-36(34(32)43-31)35(42-4)33(22)41-3/h5-8,13-14,17-18,26-27,37,39H,9-12,15-16H2,1-4H3. The molecule has 4 aromatic rings. The summed E-state index contributed by atoms with van der Waals surface area (Å²) in [5, 5.41) is 14.8. The molecule has 4 aliphatic rings. The Balaban J connectivity index is 1.41. The van der Waals surface area contributed by atoms with Gasteiger partial charge in [0.05, 0.1) is 21.3 Å². The number of nitrogens with one attached hydrogen (secondary N) is 1. The lowest BCUT2D eigenvalue weighted by molar-refractivity contribution is 0.215. The predicted octanol–water partition coefficient (Wildman–Crippen LogP) is 6.50. The summed E-state index contributed by atoms with van der Waals surface area (Å²) in [5.41, 5.74) is 8.44. The lowest BCUT2D eigenvalue weighted by Crippen LogP contribution is -2.34. The molecule has 0 amide bonds. The maximum Gasteiger partial charge on any atom is 0.216 e. The van der Waals surface area contributed by atoms with Crippen LogP contribution in [0.2, 0.25) is 0 Å². The van der Waals surface area contributed by atoms with Crippen LogP contribution in [0.1, 0.15) is 45.5 Å². The molecular weight excluding hydrogens is 556 g/mol. The van der Waals surface area contributed by atoms with E-state index in [1.54, 1.807) is 27.4 Å². The third-order valence-corrected chi connectivity index (χ3v) is 9.72. The van der Waals surface area contributed by atoms with Gasteiger partial charge in [-0.2, -0.15) is 0 Å². The molecule has 4 heterocycles. The van der Waals surface area contributed by atoms with Crippen molar-refractivity contribution in [1.82, 2.24) is 10.2 Å². The van der Waals surface area contributed by atoms with E-state index < -0.39 is 0 Å². The summed E-state index contributed by atoms with van der Waals surface area (Å²) in [7, 11) is 7.17. The summed E-state index contributed by atoms with van der Waals surface area (Å²) in [6.45, 7) is 1.70. The highest BCUT2D eigenvalue weighted by molar-refractivity contribution is 5.77. The van der Waals surface area contributed by atoms with Crippen LogP contribution in [0.4, 0.5) is 0 Å². The largest absolute Gasteiger partial charge is 0.507 e. The maximum absolute atomic E-state index is 11.1. The van der Waals surface area contributed by atoms with Gasteiger partial charge in [-0.25, -0.2) is 0 Å². The van der Waals surface area contributed by atoms with Crippen LogP contribution in [0.3, 0.4) is 0 Å². The van der Waals surface area contributed by atoms with Gasteiger partial charge >= 0.3 is 0 Å². The molecule has 0 saturated carbocycles. The van der Waals surface area contributed by atoms with E-state index in [-0.39, 0.29) is 17.8 Å². The van der Waals surface area contributed by atoms with Gasteiger partial charge in [-0.05, 0) is 97.9 Å². The summed E-state index contributed by atoms with van der Waals surface area (Å²) in [6.07, 6.45) is 3.13. The van der Waals surface area contributed by atoms with E-state index in [0.29, 0.717) is 40.9 Å². The molecule has 2 unspecified atom stereocenters. The molecule has 0 spiro atoms. The van der Waals surface area contributed by atoms with E-state index in [1.807, 2.05) is 12.1 Å². The number of ether oxygens (including phenoxy) is 5. The first-order valence-electron chi connectivity index (χ1n) is 15.2. The molecule has 7 bridgehead atoms. The SMILES string of the molecule is COc1ccc2cc1-c1cc(ccc1O)CC1NCCc3cc4c(cc31)Oc1c(c(OC)c(OC)c3c1C(C2)N(C)CC3)O4. The number of hydrogen-bond acceptors (Lipinski definition) is 8. The lowest BCUT2D eigenvalue weighted by atomic mass is 9.85. The minimum Gasteiger partial charge on any atom is -0.507 e. The van der Waals surface area contributed by atoms with Crippen molar-refractivity contribution in [2.45, 2.75) is 37.8 Å². The molecule has 2 atom stereocenters. The van der Waals surface area contributed by atoms with Crippen molar-refractivity contribution < 1.29 is 28.8 Å². The summed E-state index contributed by atoms with van der Waals surface area (Å²) in [4.78, 5) is 2.37. The monoisotopic (exact) mass is 592 g/mol. The molecule has 4 aromatic carbocycles. The van der Waals surface area contributed by atoms with Crippen molar-refractivity contribution in [2.24, 2.45) is 0 Å². The van der Waals surface area contributed by atoms with Gasteiger partial charge in [-0.1, -0.05) is 12.1 Å². The zero-order chi connectivity index (χ0) is 30.1. The zero-order valence-electron chi connectivity index (χ0n) is 25.5. The highest BCUT2D eigenvalue weighted by Crippen LogP contribution is 2.60. The fraction of sp³-hybridized carbons (Fsp3) is 0.333. The number of nitrogens with zero attached hydrogens (tertiary/aromatic N) is 1. The van der Waals surface area contributed by atoms with E-state index in [1.165, 1.54) is 11.1 Å². The van der Waals surface area contributed by atoms with E-state index in [4.69, 9.17) is 23.7 Å². The smallest absolute Gasteiger partial charge is 0.216 e. The van der Waals surface area contributed by atoms with E-state index in [2.05, 4.69) is 47.6 Å². The van der Waals surface area contributed by atoms with Crippen molar-refractivity contribution in [1.29, 1.82) is 0 Å². The molecular formula is C36H36N2O6. The average molecular weight is 593 g/mol. The second-order valence-electron chi connectivity index (χ2n) is 12.1. The summed E-state index contributed by atoms with van der Waals surface area (Å²) >= 11 is 0. The van der Waals surface area contributed by atoms with E-state index >= 15 is 0 Å². The number of phenolic OH excluding ortho intramolecular Hbond substituents is 1. The minimum atomic E-state index is -0.0291. The molecule has 4 aliphatic heterocycles. The van der Waals surface area contributed by atoms with Gasteiger partial charge < -0.3 is 34.1 Å². The molecule has 0 aliphatic carbocycles. The molecule has 8 heteroatoms. The maximum atomic E-state index is 11.1. The van der Waals surface area contributed by atoms with Crippen LogP contribution in [0.15, 0.2) is 48.5 Å². The molecule has 44 heavy (non-hydrogen) atoms. The Morgan fingerprint density at radius 1 is 0.818 bits per heavy atom. The lowest BCUT2D eigenvalue weighted by Gasteiger charge is -2.39. The van der Waals surface area contributed by atoms with Gasteiger partial charge in [0.2, 0.25) is 11.5 Å². The second kappa shape index (κ2) is 10.4. The quantitative estimate of drug-likeness (QED) is 0.246. The Labute approximate surface area is 257 Å². The van der Waals surface area contributed by atoms with Gasteiger partial charge in [-0.15, -0.1) is 0 Å². The number of aromatic hydroxyl groups is 1. The van der Waals surface area contributed by atoms with Crippen molar-refractivity contribution >= 4 is 0 Å². The van der Waals surface area contributed by atoms with Gasteiger partial charge in [0.15, 0.2) is 23.0 Å². The molecule has 2 N–H and O–H groups in total. The summed E-state index contributed by atoms with van der Waals surface area (Å²) in [6, 6.07) is 16.5. The first-order chi connectivity index (χ1) is 21.5. The molecule has 226 valence electrons. The fourth-order valence-electron chi connectivity index (χ4n) is 7.53. The molecule has 0 radical (unpaired) electrons. The van der Waals surface area contributed by atoms with Crippen molar-refractivity contribution in [3.8, 4) is 57.1 Å². The third kappa shape index (κ3) is 4.12. The second-order valence-corrected chi connectivity index (χ2v) is 12.1. The van der Waals surface area contributed by atoms with Crippen LogP contribution in [0.5, 0.6) is 46.0 Å². The number of likely N-dealkylation sites (N-methyl/N-ethyl adjacent to an activating group) is 1. The van der Waals surface area contributed by atoms with Crippen LogP contribution in [-0.2, 0) is 25.7 Å². The Morgan fingerprint density at radius 3 is 2.39 bits per heavy atom. The Hall–Kier alpha value is -4.40. The number of fused-ring (bicyclic) bond motifs is 5. The number of benzene rings is 4. The molecule has 0 aromatic heterocycles. The van der Waals surface area contributed by atoms with Crippen LogP contribution in [0, 0.1) is 0 Å². The number of hydrogen-bond donors (Lipinski definition) is 2. The fourth-order valence-corrected chi connectivity index (χ4v) is 7.53. The van der Waals surface area contributed by atoms with Gasteiger partial charge in [0.1, 0.15) is 11.5 Å². The van der Waals surface area contributed by atoms with Crippen LogP contribution < -0.4 is 29.0 Å². The highest BCUT2D eigenvalue weighted by atomic mass is 16.6. The summed E-state index contributed by atoms with van der Waals surface area (Å²) < 4.78 is 31.4. The third-order valence-electron chi connectivity index (χ3n) is 9.72. The van der Waals surface area contributed by atoms with Gasteiger partial charge in [0, 0.05) is 40.9 Å². The van der Waals surface area contributed by atoms with Crippen LogP contribution >= 0.6 is 0 Å². The minimum absolute atomic E-state index is 0.0291. The highest BCUT2D eigenvalue weighted by Gasteiger charge is 2.39. The Morgan fingerprint density at radius 2 is 1.57 bits per heavy atom. The zero-order valence-corrected chi connectivity index (χ0v) is 25.5. The Kier molecular flexibility index (Phi) is 6.39. The van der Waals surface area contributed by atoms with Gasteiger partial charge in [0.25, 0.3) is 0 Å². The van der Waals surface area contributed by atoms with Crippen LogP contribution in [-0.4, -0.2) is 51.5 Å². The number of methoxy groups -OCH3 is 3. The van der Waals surface area contributed by atoms with Crippen molar-refractivity contribution in [3.63, 3.8) is 0 Å². The molecule has 8 nitrogen and oxygen atoms in total. The first-order valence-corrected chi connectivity index (χ1v) is 15.2. The van der Waals surface area contributed by atoms with E-state index in [0.717, 1.165) is 71.5 Å². The molecule has 0 saturated heterocycles. The molecule has 8 rings (SSSR count).